The van der Waals surface area contributed by atoms with Crippen molar-refractivity contribution >= 4 is 27.5 Å². The van der Waals surface area contributed by atoms with Crippen molar-refractivity contribution in [3.63, 3.8) is 0 Å². The first-order valence-corrected chi connectivity index (χ1v) is 10.6. The molecule has 0 spiro atoms. The van der Waals surface area contributed by atoms with Crippen molar-refractivity contribution in [2.45, 2.75) is 12.8 Å². The van der Waals surface area contributed by atoms with Crippen LogP contribution in [0.4, 0.5) is 17.2 Å². The maximum atomic E-state index is 12.1. The van der Waals surface area contributed by atoms with Gasteiger partial charge >= 0.3 is 181 Å². The van der Waals surface area contributed by atoms with E-state index in [1.165, 1.54) is 7.11 Å². The Morgan fingerprint density at radius 2 is 2.03 bits per heavy atom. The molecule has 1 fully saturated rings. The fourth-order valence-electron chi connectivity index (χ4n) is 2.85. The van der Waals surface area contributed by atoms with Crippen LogP contribution in [0.3, 0.4) is 0 Å². The number of nitrogens with one attached hydrogen (secondary N) is 2. The summed E-state index contributed by atoms with van der Waals surface area (Å²) in [5, 5.41) is 18.2. The van der Waals surface area contributed by atoms with E-state index >= 15 is 0 Å². The number of amides is 1. The standard InChI is InChI=1S/C18H17N8O3.Zn/c1-26-9-20-17(25-26)11-6-19-7-13(16(11)29-2)21-12-5-15(24-23-14(12)8-27)22-18(28)10-3-4-10;/h5-7,9-10H,3-4H2,1-2H3,(H2,21,22,24,28);. The second-order valence-electron chi connectivity index (χ2n) is 6.81. The molecule has 1 amide bonds. The Bertz CT molecular complexity index is 1130. The monoisotopic (exact) mass is 457 g/mol. The van der Waals surface area contributed by atoms with Gasteiger partial charge in [0, 0.05) is 0 Å². The van der Waals surface area contributed by atoms with Gasteiger partial charge < -0.3 is 0 Å². The number of nitrogens with zero attached hydrogens (tertiary/aromatic N) is 6. The molecule has 3 aromatic rings. The first-order chi connectivity index (χ1) is 14.5. The average molecular weight is 459 g/mol. The third kappa shape index (κ3) is 4.18. The second kappa shape index (κ2) is 8.23. The molecule has 3 heterocycles. The first kappa shape index (κ1) is 20.0. The van der Waals surface area contributed by atoms with Gasteiger partial charge in [0.1, 0.15) is 0 Å². The number of pyridine rings is 1. The molecule has 0 bridgehead atoms. The number of hydrogen-bond donors (Lipinski definition) is 2. The van der Waals surface area contributed by atoms with Gasteiger partial charge in [0.15, 0.2) is 0 Å². The molecule has 0 unspecified atom stereocenters. The summed E-state index contributed by atoms with van der Waals surface area (Å²) >= 11 is 0.379. The number of aromatic nitrogens is 6. The summed E-state index contributed by atoms with van der Waals surface area (Å²) < 4.78 is 7.00. The van der Waals surface area contributed by atoms with Crippen molar-refractivity contribution in [1.29, 1.82) is 0 Å². The van der Waals surface area contributed by atoms with Crippen molar-refractivity contribution < 1.29 is 32.6 Å². The molecular formula is C18H17N8O3Zn. The summed E-state index contributed by atoms with van der Waals surface area (Å²) in [6, 6.07) is 1.58. The molecule has 149 valence electrons. The SMILES string of the molecule is COc1c(Nc2cc(NC(=O)C3CC3)nnc2[C](=O)[Zn])cncc1-c1ncn(C)n1. The summed E-state index contributed by atoms with van der Waals surface area (Å²) in [6.45, 7) is 0. The van der Waals surface area contributed by atoms with Crippen molar-refractivity contribution in [1.82, 2.24) is 29.9 Å². The Hall–Kier alpha value is -3.27. The molecular weight excluding hydrogens is 442 g/mol. The van der Waals surface area contributed by atoms with Crippen LogP contribution in [0.2, 0.25) is 0 Å². The van der Waals surface area contributed by atoms with Gasteiger partial charge in [-0.3, -0.25) is 0 Å². The van der Waals surface area contributed by atoms with E-state index in [2.05, 4.69) is 35.9 Å². The van der Waals surface area contributed by atoms with Crippen LogP contribution in [-0.4, -0.2) is 47.3 Å². The van der Waals surface area contributed by atoms with Crippen molar-refractivity contribution in [3.05, 3.63) is 30.5 Å². The maximum absolute atomic E-state index is 12.1. The van der Waals surface area contributed by atoms with Crippen molar-refractivity contribution in [2.24, 2.45) is 13.0 Å². The number of rotatable bonds is 7. The molecule has 1 aliphatic carbocycles. The number of anilines is 3. The summed E-state index contributed by atoms with van der Waals surface area (Å²) in [4.78, 5) is 32.7. The van der Waals surface area contributed by atoms with Crippen LogP contribution < -0.4 is 15.4 Å². The number of hydrogen-bond acceptors (Lipinski definition) is 9. The van der Waals surface area contributed by atoms with E-state index in [0.29, 0.717) is 46.8 Å². The summed E-state index contributed by atoms with van der Waals surface area (Å²) in [5.74, 6) is 1.11. The van der Waals surface area contributed by atoms with Gasteiger partial charge in [0.2, 0.25) is 0 Å². The van der Waals surface area contributed by atoms with E-state index in [4.69, 9.17) is 4.74 Å². The molecule has 4 rings (SSSR count). The Kier molecular flexibility index (Phi) is 5.49. The molecule has 0 saturated heterocycles. The first-order valence-electron chi connectivity index (χ1n) is 9.16. The van der Waals surface area contributed by atoms with E-state index in [-0.39, 0.29) is 27.7 Å². The summed E-state index contributed by atoms with van der Waals surface area (Å²) in [6.07, 6.45) is 6.49. The third-order valence-corrected chi connectivity index (χ3v) is 5.17. The fraction of sp³-hybridized carbons (Fsp3) is 0.278. The molecule has 1 aliphatic rings. The number of ether oxygens (including phenoxy) is 1. The quantitative estimate of drug-likeness (QED) is 0.504. The number of aryl methyl sites for hydroxylation is 1. The van der Waals surface area contributed by atoms with Crippen LogP contribution >= 0.6 is 0 Å². The van der Waals surface area contributed by atoms with Gasteiger partial charge in [-0.05, 0) is 0 Å². The molecule has 0 aromatic carbocycles. The molecule has 11 nitrogen and oxygen atoms in total. The Balaban J connectivity index is 1.70. The number of carbonyl (C=O) groups excluding carboxylic acids is 2. The minimum absolute atomic E-state index is 0.0224. The van der Waals surface area contributed by atoms with Gasteiger partial charge in [-0.15, -0.1) is 0 Å². The average Bonchev–Trinajstić information content (AvgIpc) is 3.49. The fourth-order valence-corrected chi connectivity index (χ4v) is 3.40. The summed E-state index contributed by atoms with van der Waals surface area (Å²) in [7, 11) is 3.29. The molecule has 0 atom stereocenters. The van der Waals surface area contributed by atoms with Crippen LogP contribution in [0.15, 0.2) is 24.8 Å². The zero-order valence-corrected chi connectivity index (χ0v) is 19.4. The molecule has 1 saturated carbocycles. The predicted octanol–water partition coefficient (Wildman–Crippen LogP) is 1.45. The molecule has 0 aliphatic heterocycles. The van der Waals surface area contributed by atoms with Crippen LogP contribution in [0.5, 0.6) is 5.75 Å². The van der Waals surface area contributed by atoms with Crippen LogP contribution in [0, 0.1) is 5.92 Å². The van der Waals surface area contributed by atoms with Gasteiger partial charge in [-0.2, -0.15) is 0 Å². The minimum atomic E-state index is -0.153. The van der Waals surface area contributed by atoms with E-state index in [1.54, 1.807) is 36.5 Å². The van der Waals surface area contributed by atoms with E-state index < -0.39 is 0 Å². The molecule has 0 radical (unpaired) electrons. The van der Waals surface area contributed by atoms with E-state index in [9.17, 15) is 9.59 Å². The third-order valence-electron chi connectivity index (χ3n) is 4.47. The van der Waals surface area contributed by atoms with Gasteiger partial charge in [-0.1, -0.05) is 0 Å². The molecule has 30 heavy (non-hydrogen) atoms. The van der Waals surface area contributed by atoms with Gasteiger partial charge in [0.05, 0.1) is 0 Å². The summed E-state index contributed by atoms with van der Waals surface area (Å²) in [5.41, 5.74) is 1.67. The van der Waals surface area contributed by atoms with E-state index in [1.807, 2.05) is 0 Å². The Labute approximate surface area is 181 Å². The zero-order valence-electron chi connectivity index (χ0n) is 16.4. The van der Waals surface area contributed by atoms with Crippen molar-refractivity contribution in [3.8, 4) is 17.1 Å². The predicted molar refractivity (Wildman–Crippen MR) is 102 cm³/mol. The number of methoxy groups -OCH3 is 1. The molecule has 3 aromatic heterocycles. The van der Waals surface area contributed by atoms with Crippen LogP contribution in [-0.2, 0) is 30.1 Å². The van der Waals surface area contributed by atoms with Crippen LogP contribution in [0.25, 0.3) is 11.4 Å². The second-order valence-corrected chi connectivity index (χ2v) is 8.16. The van der Waals surface area contributed by atoms with Gasteiger partial charge in [-0.25, -0.2) is 0 Å². The number of carbonyl (C=O) groups is 2. The molecule has 2 N–H and O–H groups in total. The molecule has 12 heteroatoms. The van der Waals surface area contributed by atoms with E-state index in [0.717, 1.165) is 12.8 Å². The normalized spacial score (nSPS) is 13.1. The van der Waals surface area contributed by atoms with Gasteiger partial charge in [0.25, 0.3) is 0 Å². The Morgan fingerprint density at radius 1 is 1.23 bits per heavy atom. The Morgan fingerprint density at radius 3 is 2.67 bits per heavy atom. The zero-order chi connectivity index (χ0) is 21.3. The van der Waals surface area contributed by atoms with Crippen molar-refractivity contribution in [2.75, 3.05) is 17.7 Å². The van der Waals surface area contributed by atoms with Crippen LogP contribution in [0.1, 0.15) is 23.3 Å². The topological polar surface area (TPSA) is 137 Å².